The van der Waals surface area contributed by atoms with Gasteiger partial charge in [-0.15, -0.1) is 11.3 Å². The van der Waals surface area contributed by atoms with Gasteiger partial charge in [-0.05, 0) is 49.9 Å². The van der Waals surface area contributed by atoms with Gasteiger partial charge in [0, 0.05) is 15.8 Å². The van der Waals surface area contributed by atoms with E-state index in [4.69, 9.17) is 0 Å². The molecule has 0 unspecified atom stereocenters. The molecule has 0 bridgehead atoms. The number of rotatable bonds is 4. The van der Waals surface area contributed by atoms with Crippen molar-refractivity contribution in [3.63, 3.8) is 0 Å². The summed E-state index contributed by atoms with van der Waals surface area (Å²) in [4.78, 5) is 23.7. The minimum atomic E-state index is -1.01. The maximum absolute atomic E-state index is 13.3. The lowest BCUT2D eigenvalue weighted by Crippen LogP contribution is -2.04. The molecule has 0 spiro atoms. The summed E-state index contributed by atoms with van der Waals surface area (Å²) in [6, 6.07) is 3.23. The average molecular weight is 376 g/mol. The smallest absolute Gasteiger partial charge is 0.173 e. The number of Topliss-reactive ketones (excluding diaryl/α,β-unsaturated/α-hetero) is 1. The van der Waals surface area contributed by atoms with Crippen molar-refractivity contribution < 1.29 is 13.6 Å². The van der Waals surface area contributed by atoms with Crippen LogP contribution in [-0.2, 0) is 12.8 Å². The molecule has 3 aromatic rings. The van der Waals surface area contributed by atoms with Crippen LogP contribution in [0.3, 0.4) is 0 Å². The fourth-order valence-electron chi connectivity index (χ4n) is 3.06. The van der Waals surface area contributed by atoms with Crippen molar-refractivity contribution in [1.29, 1.82) is 0 Å². The summed E-state index contributed by atoms with van der Waals surface area (Å²) in [5.74, 6) is -1.41. The lowest BCUT2D eigenvalue weighted by molar-refractivity contribution is 0.102. The first-order valence-corrected chi connectivity index (χ1v) is 9.73. The SMILES string of the molecule is Cc1nc(SCC(=O)c2ccc(F)c(F)c2)c2c3c(sc2n1)CCC3. The van der Waals surface area contributed by atoms with E-state index in [1.807, 2.05) is 6.92 Å². The third-order valence-electron chi connectivity index (χ3n) is 4.22. The number of halogens is 2. The number of nitrogens with zero attached hydrogens (tertiary/aromatic N) is 2. The van der Waals surface area contributed by atoms with Gasteiger partial charge in [0.15, 0.2) is 17.4 Å². The van der Waals surface area contributed by atoms with E-state index < -0.39 is 11.6 Å². The van der Waals surface area contributed by atoms with Crippen LogP contribution in [0.4, 0.5) is 8.78 Å². The van der Waals surface area contributed by atoms with Crippen LogP contribution in [0.15, 0.2) is 23.2 Å². The van der Waals surface area contributed by atoms with E-state index in [-0.39, 0.29) is 17.1 Å². The zero-order chi connectivity index (χ0) is 17.6. The molecule has 1 aliphatic carbocycles. The second-order valence-electron chi connectivity index (χ2n) is 5.95. The van der Waals surface area contributed by atoms with Crippen molar-refractivity contribution in [3.8, 4) is 0 Å². The average Bonchev–Trinajstić information content (AvgIpc) is 3.15. The van der Waals surface area contributed by atoms with Crippen LogP contribution in [0.1, 0.15) is 33.0 Å². The summed E-state index contributed by atoms with van der Waals surface area (Å²) in [5, 5.41) is 1.86. The molecule has 0 N–H and O–H groups in total. The van der Waals surface area contributed by atoms with Crippen LogP contribution in [0.2, 0.25) is 0 Å². The Kier molecular flexibility index (Phi) is 4.29. The first-order chi connectivity index (χ1) is 12.0. The summed E-state index contributed by atoms with van der Waals surface area (Å²) in [5.41, 5.74) is 1.48. The molecule has 128 valence electrons. The monoisotopic (exact) mass is 376 g/mol. The van der Waals surface area contributed by atoms with Crippen LogP contribution in [0, 0.1) is 18.6 Å². The van der Waals surface area contributed by atoms with Gasteiger partial charge < -0.3 is 0 Å². The predicted octanol–water partition coefficient (Wildman–Crippen LogP) is 4.74. The molecule has 0 amide bonds. The van der Waals surface area contributed by atoms with Crippen molar-refractivity contribution >= 4 is 39.1 Å². The van der Waals surface area contributed by atoms with Crippen molar-refractivity contribution in [3.05, 3.63) is 51.7 Å². The zero-order valence-electron chi connectivity index (χ0n) is 13.4. The van der Waals surface area contributed by atoms with E-state index >= 15 is 0 Å². The van der Waals surface area contributed by atoms with Gasteiger partial charge in [-0.25, -0.2) is 18.7 Å². The third-order valence-corrected chi connectivity index (χ3v) is 6.39. The first-order valence-electron chi connectivity index (χ1n) is 7.93. The lowest BCUT2D eigenvalue weighted by atomic mass is 10.1. The molecule has 0 saturated heterocycles. The third kappa shape index (κ3) is 3.06. The molecule has 0 fully saturated rings. The molecule has 2 heterocycles. The molecule has 7 heteroatoms. The van der Waals surface area contributed by atoms with Gasteiger partial charge in [0.2, 0.25) is 0 Å². The Balaban J connectivity index is 1.62. The molecular formula is C18H14F2N2OS2. The Hall–Kier alpha value is -1.86. The Bertz CT molecular complexity index is 1000. The summed E-state index contributed by atoms with van der Waals surface area (Å²) in [7, 11) is 0. The highest BCUT2D eigenvalue weighted by molar-refractivity contribution is 8.00. The Labute approximate surface area is 151 Å². The van der Waals surface area contributed by atoms with Crippen molar-refractivity contribution in [2.24, 2.45) is 0 Å². The van der Waals surface area contributed by atoms with Crippen LogP contribution in [0.5, 0.6) is 0 Å². The number of carbonyl (C=O) groups is 1. The summed E-state index contributed by atoms with van der Waals surface area (Å²) in [6.45, 7) is 1.84. The van der Waals surface area contributed by atoms with Gasteiger partial charge in [0.05, 0.1) is 5.75 Å². The minimum absolute atomic E-state index is 0.126. The van der Waals surface area contributed by atoms with Crippen molar-refractivity contribution in [2.75, 3.05) is 5.75 Å². The first kappa shape index (κ1) is 16.6. The molecule has 2 aromatic heterocycles. The number of hydrogen-bond donors (Lipinski definition) is 0. The fraction of sp³-hybridized carbons (Fsp3) is 0.278. The van der Waals surface area contributed by atoms with Gasteiger partial charge in [0.25, 0.3) is 0 Å². The van der Waals surface area contributed by atoms with E-state index in [0.717, 1.165) is 46.6 Å². The molecule has 1 aromatic carbocycles. The number of carbonyl (C=O) groups excluding carboxylic acids is 1. The van der Waals surface area contributed by atoms with Gasteiger partial charge in [0.1, 0.15) is 15.7 Å². The Morgan fingerprint density at radius 2 is 2.08 bits per heavy atom. The normalized spacial score (nSPS) is 13.4. The number of aryl methyl sites for hydroxylation is 3. The fourth-order valence-corrected chi connectivity index (χ4v) is 5.42. The van der Waals surface area contributed by atoms with E-state index in [9.17, 15) is 13.6 Å². The molecule has 3 nitrogen and oxygen atoms in total. The standard InChI is InChI=1S/C18H14F2N2OS2/c1-9-21-17(16-11-3-2-4-15(11)25-18(16)22-9)24-8-14(23)10-5-6-12(19)13(20)7-10/h5-7H,2-4,8H2,1H3. The highest BCUT2D eigenvalue weighted by Gasteiger charge is 2.22. The van der Waals surface area contributed by atoms with Gasteiger partial charge in [-0.3, -0.25) is 4.79 Å². The molecule has 0 atom stereocenters. The number of fused-ring (bicyclic) bond motifs is 3. The van der Waals surface area contributed by atoms with E-state index in [1.54, 1.807) is 11.3 Å². The Morgan fingerprint density at radius 1 is 1.24 bits per heavy atom. The van der Waals surface area contributed by atoms with Gasteiger partial charge in [-0.2, -0.15) is 0 Å². The van der Waals surface area contributed by atoms with Crippen LogP contribution < -0.4 is 0 Å². The number of benzene rings is 1. The quantitative estimate of drug-likeness (QED) is 0.375. The largest absolute Gasteiger partial charge is 0.293 e. The molecule has 0 aliphatic heterocycles. The van der Waals surface area contributed by atoms with Gasteiger partial charge in [-0.1, -0.05) is 11.8 Å². The molecule has 0 saturated carbocycles. The second-order valence-corrected chi connectivity index (χ2v) is 8.00. The maximum atomic E-state index is 13.3. The van der Waals surface area contributed by atoms with Crippen LogP contribution >= 0.6 is 23.1 Å². The zero-order valence-corrected chi connectivity index (χ0v) is 15.1. The van der Waals surface area contributed by atoms with E-state index in [0.29, 0.717) is 5.82 Å². The maximum Gasteiger partial charge on any atom is 0.173 e. The number of aromatic nitrogens is 2. The van der Waals surface area contributed by atoms with Gasteiger partial charge >= 0.3 is 0 Å². The number of ketones is 1. The molecule has 25 heavy (non-hydrogen) atoms. The van der Waals surface area contributed by atoms with E-state index in [2.05, 4.69) is 9.97 Å². The van der Waals surface area contributed by atoms with Crippen LogP contribution in [-0.4, -0.2) is 21.5 Å². The molecule has 1 aliphatic rings. The summed E-state index contributed by atoms with van der Waals surface area (Å²) < 4.78 is 26.3. The highest BCUT2D eigenvalue weighted by Crippen LogP contribution is 2.40. The van der Waals surface area contributed by atoms with Crippen LogP contribution in [0.25, 0.3) is 10.2 Å². The molecule has 0 radical (unpaired) electrons. The van der Waals surface area contributed by atoms with Crippen molar-refractivity contribution in [1.82, 2.24) is 9.97 Å². The predicted molar refractivity (Wildman–Crippen MR) is 95.6 cm³/mol. The summed E-state index contributed by atoms with van der Waals surface area (Å²) in [6.07, 6.45) is 3.24. The second kappa shape index (κ2) is 6.46. The number of thiophene rings is 1. The Morgan fingerprint density at radius 3 is 2.88 bits per heavy atom. The number of hydrogen-bond acceptors (Lipinski definition) is 5. The van der Waals surface area contributed by atoms with E-state index in [1.165, 1.54) is 28.3 Å². The highest BCUT2D eigenvalue weighted by atomic mass is 32.2. The molecular weight excluding hydrogens is 362 g/mol. The minimum Gasteiger partial charge on any atom is -0.293 e. The summed E-state index contributed by atoms with van der Waals surface area (Å²) >= 11 is 3.05. The number of thioether (sulfide) groups is 1. The molecule has 4 rings (SSSR count). The lowest BCUT2D eigenvalue weighted by Gasteiger charge is -2.06. The topological polar surface area (TPSA) is 42.9 Å². The van der Waals surface area contributed by atoms with Crippen molar-refractivity contribution in [2.45, 2.75) is 31.2 Å².